The van der Waals surface area contributed by atoms with E-state index in [1.165, 1.54) is 0 Å². The number of imide groups is 1. The monoisotopic (exact) mass is 234 g/mol. The van der Waals surface area contributed by atoms with Crippen molar-refractivity contribution in [1.82, 2.24) is 5.32 Å². The largest absolute Gasteiger partial charge is 0.392 e. The van der Waals surface area contributed by atoms with Gasteiger partial charge in [0.2, 0.25) is 11.8 Å². The minimum absolute atomic E-state index is 0.0869. The second-order valence-electron chi connectivity index (χ2n) is 3.96. The number of rotatable bonds is 3. The molecule has 1 aliphatic rings. The van der Waals surface area contributed by atoms with Crippen LogP contribution in [0.2, 0.25) is 0 Å². The Balaban J connectivity index is 2.10. The molecule has 0 bridgehead atoms. The zero-order valence-electron chi connectivity index (χ0n) is 9.27. The van der Waals surface area contributed by atoms with E-state index in [-0.39, 0.29) is 18.4 Å². The summed E-state index contributed by atoms with van der Waals surface area (Å²) >= 11 is 0. The fraction of sp³-hybridized carbons (Fsp3) is 0.333. The molecule has 1 aromatic carbocycles. The molecule has 1 aromatic rings. The number of piperidine rings is 1. The molecule has 1 aliphatic heterocycles. The molecule has 5 heteroatoms. The summed E-state index contributed by atoms with van der Waals surface area (Å²) in [6.45, 7) is -0.0869. The molecule has 17 heavy (non-hydrogen) atoms. The summed E-state index contributed by atoms with van der Waals surface area (Å²) in [5, 5.41) is 14.5. The Morgan fingerprint density at radius 3 is 2.82 bits per heavy atom. The van der Waals surface area contributed by atoms with Gasteiger partial charge in [0.25, 0.3) is 0 Å². The number of aliphatic hydroxyl groups is 1. The number of carbonyl (C=O) groups is 2. The maximum atomic E-state index is 11.6. The first-order valence-corrected chi connectivity index (χ1v) is 5.49. The number of nitrogens with one attached hydrogen (secondary N) is 2. The summed E-state index contributed by atoms with van der Waals surface area (Å²) in [7, 11) is 0. The van der Waals surface area contributed by atoms with Gasteiger partial charge in [0, 0.05) is 17.7 Å². The smallest absolute Gasteiger partial charge is 0.249 e. The zero-order valence-corrected chi connectivity index (χ0v) is 9.27. The van der Waals surface area contributed by atoms with Gasteiger partial charge in [-0.15, -0.1) is 0 Å². The molecule has 1 unspecified atom stereocenters. The van der Waals surface area contributed by atoms with Crippen molar-refractivity contribution >= 4 is 17.5 Å². The van der Waals surface area contributed by atoms with Gasteiger partial charge >= 0.3 is 0 Å². The minimum atomic E-state index is -0.416. The average molecular weight is 234 g/mol. The first-order chi connectivity index (χ1) is 8.20. The van der Waals surface area contributed by atoms with Gasteiger partial charge in [-0.25, -0.2) is 0 Å². The Hall–Kier alpha value is -1.88. The number of hydrogen-bond acceptors (Lipinski definition) is 4. The van der Waals surface area contributed by atoms with Gasteiger partial charge in [0.1, 0.15) is 6.04 Å². The third-order valence-electron chi connectivity index (χ3n) is 2.76. The Morgan fingerprint density at radius 2 is 2.12 bits per heavy atom. The lowest BCUT2D eigenvalue weighted by atomic mass is 10.0. The molecule has 0 radical (unpaired) electrons. The molecule has 0 spiro atoms. The molecule has 1 heterocycles. The van der Waals surface area contributed by atoms with Crippen molar-refractivity contribution in [2.45, 2.75) is 25.5 Å². The number of benzene rings is 1. The summed E-state index contributed by atoms with van der Waals surface area (Å²) < 4.78 is 0. The van der Waals surface area contributed by atoms with Crippen LogP contribution in [0, 0.1) is 0 Å². The standard InChI is InChI=1S/C12H14N2O3/c15-7-8-3-1-2-4-9(8)13-10-5-6-11(16)14-12(10)17/h1-4,10,13,15H,5-7H2,(H,14,16,17). The van der Waals surface area contributed by atoms with Crippen LogP contribution < -0.4 is 10.6 Å². The molecule has 5 nitrogen and oxygen atoms in total. The van der Waals surface area contributed by atoms with E-state index < -0.39 is 6.04 Å². The van der Waals surface area contributed by atoms with Crippen LogP contribution in [0.3, 0.4) is 0 Å². The van der Waals surface area contributed by atoms with E-state index in [4.69, 9.17) is 5.11 Å². The third-order valence-corrected chi connectivity index (χ3v) is 2.76. The van der Waals surface area contributed by atoms with Crippen molar-refractivity contribution in [3.8, 4) is 0 Å². The number of para-hydroxylation sites is 1. The highest BCUT2D eigenvalue weighted by molar-refractivity contribution is 6.01. The maximum Gasteiger partial charge on any atom is 0.249 e. The van der Waals surface area contributed by atoms with Gasteiger partial charge in [-0.1, -0.05) is 18.2 Å². The fourth-order valence-electron chi connectivity index (χ4n) is 1.82. The number of anilines is 1. The van der Waals surface area contributed by atoms with Crippen LogP contribution in [0.15, 0.2) is 24.3 Å². The van der Waals surface area contributed by atoms with Gasteiger partial charge in [-0.05, 0) is 12.5 Å². The van der Waals surface area contributed by atoms with Crippen LogP contribution in [-0.2, 0) is 16.2 Å². The highest BCUT2D eigenvalue weighted by Crippen LogP contribution is 2.18. The van der Waals surface area contributed by atoms with Crippen molar-refractivity contribution < 1.29 is 14.7 Å². The minimum Gasteiger partial charge on any atom is -0.392 e. The SMILES string of the molecule is O=C1CCC(Nc2ccccc2CO)C(=O)N1. The van der Waals surface area contributed by atoms with Gasteiger partial charge in [0.05, 0.1) is 6.61 Å². The lowest BCUT2D eigenvalue weighted by molar-refractivity contribution is -0.133. The molecular weight excluding hydrogens is 220 g/mol. The van der Waals surface area contributed by atoms with Crippen molar-refractivity contribution in [2.24, 2.45) is 0 Å². The molecule has 0 aliphatic carbocycles. The average Bonchev–Trinajstić information content (AvgIpc) is 2.33. The highest BCUT2D eigenvalue weighted by atomic mass is 16.3. The summed E-state index contributed by atoms with van der Waals surface area (Å²) in [5.74, 6) is -0.544. The van der Waals surface area contributed by atoms with Crippen LogP contribution in [0.5, 0.6) is 0 Å². The Bertz CT molecular complexity index is 445. The normalized spacial score (nSPS) is 19.9. The van der Waals surface area contributed by atoms with Crippen LogP contribution in [-0.4, -0.2) is 23.0 Å². The molecule has 1 atom stereocenters. The highest BCUT2D eigenvalue weighted by Gasteiger charge is 2.26. The number of hydrogen-bond donors (Lipinski definition) is 3. The molecule has 90 valence electrons. The molecule has 2 amide bonds. The number of amides is 2. The van der Waals surface area contributed by atoms with Crippen LogP contribution in [0.1, 0.15) is 18.4 Å². The second-order valence-corrected chi connectivity index (χ2v) is 3.96. The van der Waals surface area contributed by atoms with E-state index in [9.17, 15) is 9.59 Å². The van der Waals surface area contributed by atoms with Crippen LogP contribution in [0.4, 0.5) is 5.69 Å². The Kier molecular flexibility index (Phi) is 3.39. The van der Waals surface area contributed by atoms with Crippen LogP contribution in [0.25, 0.3) is 0 Å². The van der Waals surface area contributed by atoms with Crippen molar-refractivity contribution in [3.63, 3.8) is 0 Å². The lowest BCUT2D eigenvalue weighted by Crippen LogP contribution is -2.47. The molecule has 1 saturated heterocycles. The topological polar surface area (TPSA) is 78.4 Å². The van der Waals surface area contributed by atoms with Crippen LogP contribution >= 0.6 is 0 Å². The number of aliphatic hydroxyl groups excluding tert-OH is 1. The second kappa shape index (κ2) is 4.97. The third kappa shape index (κ3) is 2.62. The van der Waals surface area contributed by atoms with E-state index in [1.807, 2.05) is 12.1 Å². The fourth-order valence-corrected chi connectivity index (χ4v) is 1.82. The molecule has 1 fully saturated rings. The Morgan fingerprint density at radius 1 is 1.35 bits per heavy atom. The Labute approximate surface area is 98.8 Å². The van der Waals surface area contributed by atoms with E-state index in [1.54, 1.807) is 12.1 Å². The predicted octanol–water partition coefficient (Wildman–Crippen LogP) is 0.396. The van der Waals surface area contributed by atoms with E-state index in [2.05, 4.69) is 10.6 Å². The van der Waals surface area contributed by atoms with Crippen molar-refractivity contribution in [2.75, 3.05) is 5.32 Å². The van der Waals surface area contributed by atoms with Crippen molar-refractivity contribution in [3.05, 3.63) is 29.8 Å². The zero-order chi connectivity index (χ0) is 12.3. The molecule has 3 N–H and O–H groups in total. The van der Waals surface area contributed by atoms with E-state index in [0.29, 0.717) is 12.8 Å². The first kappa shape index (κ1) is 11.6. The van der Waals surface area contributed by atoms with Crippen molar-refractivity contribution in [1.29, 1.82) is 0 Å². The molecular formula is C12H14N2O3. The molecule has 2 rings (SSSR count). The lowest BCUT2D eigenvalue weighted by Gasteiger charge is -2.23. The van der Waals surface area contributed by atoms with E-state index in [0.717, 1.165) is 11.3 Å². The maximum absolute atomic E-state index is 11.6. The summed E-state index contributed by atoms with van der Waals surface area (Å²) in [5.41, 5.74) is 1.46. The first-order valence-electron chi connectivity index (χ1n) is 5.49. The van der Waals surface area contributed by atoms with Gasteiger partial charge in [0.15, 0.2) is 0 Å². The van der Waals surface area contributed by atoms with E-state index >= 15 is 0 Å². The summed E-state index contributed by atoms with van der Waals surface area (Å²) in [4.78, 5) is 22.5. The molecule has 0 aromatic heterocycles. The summed E-state index contributed by atoms with van der Waals surface area (Å²) in [6.07, 6.45) is 0.815. The van der Waals surface area contributed by atoms with Gasteiger partial charge < -0.3 is 10.4 Å². The summed E-state index contributed by atoms with van der Waals surface area (Å²) in [6, 6.07) is 6.82. The van der Waals surface area contributed by atoms with Gasteiger partial charge in [-0.2, -0.15) is 0 Å². The number of carbonyl (C=O) groups excluding carboxylic acids is 2. The molecule has 0 saturated carbocycles. The predicted molar refractivity (Wildman–Crippen MR) is 62.2 cm³/mol. The quantitative estimate of drug-likeness (QED) is 0.661. The van der Waals surface area contributed by atoms with Gasteiger partial charge in [-0.3, -0.25) is 14.9 Å².